The third kappa shape index (κ3) is 12.0. The first-order chi connectivity index (χ1) is 18.2. The topological polar surface area (TPSA) is 42.2 Å². The second-order valence-corrected chi connectivity index (χ2v) is 10.7. The van der Waals surface area contributed by atoms with Crippen LogP contribution in [0.3, 0.4) is 0 Å². The summed E-state index contributed by atoms with van der Waals surface area (Å²) in [4.78, 5) is 12.8. The molecule has 37 heavy (non-hydrogen) atoms. The van der Waals surface area contributed by atoms with Gasteiger partial charge in [-0.25, -0.2) is 0 Å². The second-order valence-electron chi connectivity index (χ2n) is 9.97. The SMILES string of the molecule is CCCCCCCCCCCCCCOc1cccc(CC(=O)Nc2ccccc2C[n+]2ccsc2)c1. The first-order valence-corrected chi connectivity index (χ1v) is 15.2. The van der Waals surface area contributed by atoms with Gasteiger partial charge in [0.1, 0.15) is 5.75 Å². The van der Waals surface area contributed by atoms with Gasteiger partial charge in [-0.2, -0.15) is 4.57 Å². The molecule has 0 saturated heterocycles. The van der Waals surface area contributed by atoms with Gasteiger partial charge in [0, 0.05) is 5.56 Å². The summed E-state index contributed by atoms with van der Waals surface area (Å²) in [5.41, 5.74) is 5.00. The molecule has 0 aliphatic carbocycles. The number of unbranched alkanes of at least 4 members (excludes halogenated alkanes) is 11. The Labute approximate surface area is 228 Å². The maximum Gasteiger partial charge on any atom is 0.228 e. The van der Waals surface area contributed by atoms with E-state index in [1.54, 1.807) is 11.3 Å². The average Bonchev–Trinajstić information content (AvgIpc) is 3.41. The van der Waals surface area contributed by atoms with Crippen molar-refractivity contribution in [2.75, 3.05) is 11.9 Å². The van der Waals surface area contributed by atoms with Gasteiger partial charge in [0.25, 0.3) is 0 Å². The van der Waals surface area contributed by atoms with E-state index in [0.717, 1.165) is 42.1 Å². The van der Waals surface area contributed by atoms with Gasteiger partial charge in [-0.15, -0.1) is 0 Å². The molecule has 0 aliphatic rings. The summed E-state index contributed by atoms with van der Waals surface area (Å²) in [5, 5.41) is 5.15. The van der Waals surface area contributed by atoms with Gasteiger partial charge in [-0.1, -0.05) is 119 Å². The number of nitrogens with zero attached hydrogens (tertiary/aromatic N) is 1. The number of para-hydroxylation sites is 1. The number of carbonyl (C=O) groups is 1. The maximum absolute atomic E-state index is 12.8. The highest BCUT2D eigenvalue weighted by Crippen LogP contribution is 2.18. The predicted molar refractivity (Wildman–Crippen MR) is 155 cm³/mol. The lowest BCUT2D eigenvalue weighted by atomic mass is 10.1. The number of nitrogens with one attached hydrogen (secondary N) is 1. The van der Waals surface area contributed by atoms with Gasteiger partial charge < -0.3 is 10.1 Å². The van der Waals surface area contributed by atoms with Crippen LogP contribution in [-0.4, -0.2) is 12.5 Å². The first kappa shape index (κ1) is 28.9. The molecule has 1 amide bonds. The van der Waals surface area contributed by atoms with Crippen LogP contribution in [0.1, 0.15) is 95.1 Å². The molecule has 0 saturated carbocycles. The van der Waals surface area contributed by atoms with E-state index in [0.29, 0.717) is 6.42 Å². The zero-order chi connectivity index (χ0) is 26.0. The fourth-order valence-electron chi connectivity index (χ4n) is 4.59. The summed E-state index contributed by atoms with van der Waals surface area (Å²) < 4.78 is 8.10. The molecular formula is C32H45N2O2S+. The van der Waals surface area contributed by atoms with Gasteiger partial charge >= 0.3 is 0 Å². The number of benzene rings is 2. The third-order valence-electron chi connectivity index (χ3n) is 6.70. The molecule has 1 heterocycles. The second kappa shape index (κ2) is 17.7. The van der Waals surface area contributed by atoms with Gasteiger partial charge in [0.15, 0.2) is 12.7 Å². The number of anilines is 1. The van der Waals surface area contributed by atoms with Crippen molar-refractivity contribution in [3.63, 3.8) is 0 Å². The van der Waals surface area contributed by atoms with Crippen molar-refractivity contribution in [1.82, 2.24) is 0 Å². The molecule has 3 rings (SSSR count). The van der Waals surface area contributed by atoms with Crippen LogP contribution in [-0.2, 0) is 17.8 Å². The molecule has 3 aromatic rings. The maximum atomic E-state index is 12.8. The molecule has 1 aromatic heterocycles. The van der Waals surface area contributed by atoms with E-state index in [-0.39, 0.29) is 5.91 Å². The zero-order valence-electron chi connectivity index (χ0n) is 22.6. The summed E-state index contributed by atoms with van der Waals surface area (Å²) in [6.45, 7) is 3.75. The Morgan fingerprint density at radius 2 is 1.57 bits per heavy atom. The van der Waals surface area contributed by atoms with E-state index in [1.165, 1.54) is 70.6 Å². The molecule has 5 heteroatoms. The Balaban J connectivity index is 1.30. The van der Waals surface area contributed by atoms with E-state index in [4.69, 9.17) is 4.74 Å². The number of hydrogen-bond donors (Lipinski definition) is 1. The molecule has 0 unspecified atom stereocenters. The monoisotopic (exact) mass is 521 g/mol. The summed E-state index contributed by atoms with van der Waals surface area (Å²) in [7, 11) is 0. The summed E-state index contributed by atoms with van der Waals surface area (Å²) in [6, 6.07) is 15.9. The third-order valence-corrected chi connectivity index (χ3v) is 7.37. The predicted octanol–water partition coefficient (Wildman–Crippen LogP) is 8.35. The van der Waals surface area contributed by atoms with Crippen LogP contribution in [0.25, 0.3) is 0 Å². The number of aromatic nitrogens is 1. The van der Waals surface area contributed by atoms with Crippen LogP contribution < -0.4 is 14.6 Å². The summed E-state index contributed by atoms with van der Waals surface area (Å²) in [5.74, 6) is 0.837. The lowest BCUT2D eigenvalue weighted by Gasteiger charge is -2.10. The normalized spacial score (nSPS) is 10.9. The van der Waals surface area contributed by atoms with Gasteiger partial charge in [0.05, 0.1) is 24.1 Å². The van der Waals surface area contributed by atoms with Crippen molar-refractivity contribution in [1.29, 1.82) is 0 Å². The van der Waals surface area contributed by atoms with Crippen molar-refractivity contribution in [2.45, 2.75) is 96.9 Å². The van der Waals surface area contributed by atoms with Gasteiger partial charge in [-0.3, -0.25) is 4.79 Å². The van der Waals surface area contributed by atoms with Gasteiger partial charge in [-0.05, 0) is 30.2 Å². The zero-order valence-corrected chi connectivity index (χ0v) is 23.4. The Kier molecular flexibility index (Phi) is 13.9. The van der Waals surface area contributed by atoms with Crippen molar-refractivity contribution in [3.05, 3.63) is 76.7 Å². The molecule has 0 radical (unpaired) electrons. The Morgan fingerprint density at radius 3 is 2.27 bits per heavy atom. The van der Waals surface area contributed by atoms with Crippen molar-refractivity contribution in [2.24, 2.45) is 0 Å². The molecule has 0 aliphatic heterocycles. The minimum Gasteiger partial charge on any atom is -0.494 e. The van der Waals surface area contributed by atoms with Crippen LogP contribution in [0.15, 0.2) is 65.6 Å². The highest BCUT2D eigenvalue weighted by molar-refractivity contribution is 7.07. The highest BCUT2D eigenvalue weighted by atomic mass is 32.1. The first-order valence-electron chi connectivity index (χ1n) is 14.3. The van der Waals surface area contributed by atoms with E-state index in [2.05, 4.69) is 28.4 Å². The summed E-state index contributed by atoms with van der Waals surface area (Å²) >= 11 is 1.66. The number of ether oxygens (including phenoxy) is 1. The van der Waals surface area contributed by atoms with Crippen LogP contribution in [0, 0.1) is 0 Å². The molecular weight excluding hydrogens is 476 g/mol. The van der Waals surface area contributed by atoms with E-state index in [9.17, 15) is 4.79 Å². The number of hydrogen-bond acceptors (Lipinski definition) is 3. The van der Waals surface area contributed by atoms with Gasteiger partial charge in [0.2, 0.25) is 11.4 Å². The molecule has 0 atom stereocenters. The molecule has 1 N–H and O–H groups in total. The fourth-order valence-corrected chi connectivity index (χ4v) is 5.18. The average molecular weight is 522 g/mol. The number of carbonyl (C=O) groups excluding carboxylic acids is 1. The van der Waals surface area contributed by atoms with E-state index < -0.39 is 0 Å². The lowest BCUT2D eigenvalue weighted by molar-refractivity contribution is -0.683. The fraction of sp³-hybridized carbons (Fsp3) is 0.500. The Hall–Kier alpha value is -2.66. The largest absolute Gasteiger partial charge is 0.494 e. The van der Waals surface area contributed by atoms with E-state index >= 15 is 0 Å². The standard InChI is InChI=1S/C32H44N2O2S/c1-2-3-4-5-6-7-8-9-10-11-12-15-22-36-30-19-16-17-28(24-30)25-32(35)33-31-20-14-13-18-29(31)26-34-21-23-37-27-34/h13-14,16-21,23-24,27H,2-12,15,22,25-26H2,1H3/p+1. The summed E-state index contributed by atoms with van der Waals surface area (Å²) in [6.07, 6.45) is 18.5. The molecule has 2 aromatic carbocycles. The number of amides is 1. The minimum absolute atomic E-state index is 0.0131. The number of thiazole rings is 1. The Morgan fingerprint density at radius 1 is 0.865 bits per heavy atom. The van der Waals surface area contributed by atoms with Crippen molar-refractivity contribution < 1.29 is 14.1 Å². The molecule has 200 valence electrons. The van der Waals surface area contributed by atoms with Crippen LogP contribution >= 0.6 is 11.3 Å². The van der Waals surface area contributed by atoms with Crippen molar-refractivity contribution >= 4 is 22.9 Å². The van der Waals surface area contributed by atoms with Crippen LogP contribution in [0.2, 0.25) is 0 Å². The lowest BCUT2D eigenvalue weighted by Crippen LogP contribution is -2.31. The van der Waals surface area contributed by atoms with Crippen LogP contribution in [0.5, 0.6) is 5.75 Å². The highest BCUT2D eigenvalue weighted by Gasteiger charge is 2.11. The number of rotatable bonds is 19. The molecule has 0 fully saturated rings. The minimum atomic E-state index is -0.0131. The van der Waals surface area contributed by atoms with E-state index in [1.807, 2.05) is 54.0 Å². The molecule has 4 nitrogen and oxygen atoms in total. The molecule has 0 bridgehead atoms. The van der Waals surface area contributed by atoms with Crippen LogP contribution in [0.4, 0.5) is 5.69 Å². The Bertz CT molecular complexity index is 1020. The smallest absolute Gasteiger partial charge is 0.228 e. The molecule has 0 spiro atoms. The van der Waals surface area contributed by atoms with Crippen molar-refractivity contribution in [3.8, 4) is 5.75 Å². The quantitative estimate of drug-likeness (QED) is 0.127.